The smallest absolute Gasteiger partial charge is 0.309 e. The van der Waals surface area contributed by atoms with Crippen LogP contribution in [-0.4, -0.2) is 37.5 Å². The van der Waals surface area contributed by atoms with Gasteiger partial charge in [0.2, 0.25) is 9.84 Å². The lowest BCUT2D eigenvalue weighted by molar-refractivity contribution is -0.147. The lowest BCUT2D eigenvalue weighted by atomic mass is 9.99. The highest BCUT2D eigenvalue weighted by Crippen LogP contribution is 2.37. The minimum atomic E-state index is -3.93. The standard InChI is InChI=1S/C25H20FNO5S/c26-23-22-20(7-4-8-21(22)33(30,31)19-5-2-1-3-6-19)32-24(23)17-11-9-16(10-12-17)13-27-14-18(15-27)25(28)29/h1-12,18H,13-15H2,(H,28,29). The van der Waals surface area contributed by atoms with Gasteiger partial charge < -0.3 is 9.52 Å². The predicted molar refractivity (Wildman–Crippen MR) is 120 cm³/mol. The van der Waals surface area contributed by atoms with E-state index in [2.05, 4.69) is 0 Å². The molecule has 1 fully saturated rings. The molecule has 0 atom stereocenters. The highest BCUT2D eigenvalue weighted by atomic mass is 32.2. The van der Waals surface area contributed by atoms with Crippen LogP contribution in [0, 0.1) is 11.7 Å². The average Bonchev–Trinajstić information content (AvgIpc) is 3.13. The van der Waals surface area contributed by atoms with Crippen LogP contribution in [-0.2, 0) is 21.2 Å². The van der Waals surface area contributed by atoms with E-state index in [0.29, 0.717) is 25.2 Å². The van der Waals surface area contributed by atoms with E-state index < -0.39 is 21.6 Å². The van der Waals surface area contributed by atoms with E-state index >= 15 is 4.39 Å². The van der Waals surface area contributed by atoms with Crippen molar-refractivity contribution in [2.45, 2.75) is 16.3 Å². The quantitative estimate of drug-likeness (QED) is 0.448. The van der Waals surface area contributed by atoms with E-state index in [0.717, 1.165) is 5.56 Å². The molecule has 3 aromatic carbocycles. The summed E-state index contributed by atoms with van der Waals surface area (Å²) in [6, 6.07) is 19.5. The molecule has 0 aliphatic carbocycles. The van der Waals surface area contributed by atoms with Gasteiger partial charge in [0.1, 0.15) is 5.58 Å². The van der Waals surface area contributed by atoms with Crippen LogP contribution in [0.25, 0.3) is 22.3 Å². The molecule has 1 saturated heterocycles. The molecule has 1 aliphatic rings. The third-order valence-corrected chi connectivity index (χ3v) is 7.70. The van der Waals surface area contributed by atoms with Gasteiger partial charge in [-0.15, -0.1) is 0 Å². The maximum atomic E-state index is 15.5. The minimum absolute atomic E-state index is 0.0258. The number of halogens is 1. The predicted octanol–water partition coefficient (Wildman–Crippen LogP) is 4.59. The summed E-state index contributed by atoms with van der Waals surface area (Å²) in [5, 5.41) is 8.92. The molecule has 6 nitrogen and oxygen atoms in total. The first-order valence-corrected chi connectivity index (χ1v) is 11.9. The minimum Gasteiger partial charge on any atom is -0.481 e. The molecule has 4 aromatic rings. The summed E-state index contributed by atoms with van der Waals surface area (Å²) in [4.78, 5) is 12.9. The molecule has 1 aliphatic heterocycles. The number of hydrogen-bond donors (Lipinski definition) is 1. The molecule has 0 bridgehead atoms. The van der Waals surface area contributed by atoms with Gasteiger partial charge in [0, 0.05) is 25.2 Å². The summed E-state index contributed by atoms with van der Waals surface area (Å²) in [5.41, 5.74) is 1.61. The maximum absolute atomic E-state index is 15.5. The van der Waals surface area contributed by atoms with Crippen molar-refractivity contribution in [3.8, 4) is 11.3 Å². The summed E-state index contributed by atoms with van der Waals surface area (Å²) in [6.07, 6.45) is 0. The topological polar surface area (TPSA) is 87.8 Å². The Balaban J connectivity index is 1.46. The number of benzene rings is 3. The number of carboxylic acid groups (broad SMARTS) is 1. The zero-order chi connectivity index (χ0) is 23.2. The van der Waals surface area contributed by atoms with E-state index in [4.69, 9.17) is 9.52 Å². The van der Waals surface area contributed by atoms with Gasteiger partial charge in [0.05, 0.1) is 21.1 Å². The van der Waals surface area contributed by atoms with Crippen LogP contribution in [0.3, 0.4) is 0 Å². The molecule has 1 aromatic heterocycles. The zero-order valence-electron chi connectivity index (χ0n) is 17.4. The highest BCUT2D eigenvalue weighted by molar-refractivity contribution is 7.91. The molecule has 0 radical (unpaired) electrons. The zero-order valence-corrected chi connectivity index (χ0v) is 18.3. The first kappa shape index (κ1) is 21.4. The molecule has 2 heterocycles. The second-order valence-electron chi connectivity index (χ2n) is 8.12. The SMILES string of the molecule is O=C(O)C1CN(Cc2ccc(-c3oc4cccc(S(=O)(=O)c5ccccc5)c4c3F)cc2)C1. The van der Waals surface area contributed by atoms with Crippen molar-refractivity contribution in [1.29, 1.82) is 0 Å². The second kappa shape index (κ2) is 8.13. The van der Waals surface area contributed by atoms with E-state index in [1.54, 1.807) is 36.4 Å². The fourth-order valence-electron chi connectivity index (χ4n) is 4.09. The van der Waals surface area contributed by atoms with Gasteiger partial charge in [0.25, 0.3) is 0 Å². The molecule has 1 N–H and O–H groups in total. The number of sulfone groups is 1. The van der Waals surface area contributed by atoms with Crippen LogP contribution >= 0.6 is 0 Å². The third kappa shape index (κ3) is 3.81. The van der Waals surface area contributed by atoms with Gasteiger partial charge in [0.15, 0.2) is 11.6 Å². The van der Waals surface area contributed by atoms with E-state index in [-0.39, 0.29) is 32.4 Å². The number of carbonyl (C=O) groups is 1. The maximum Gasteiger partial charge on any atom is 0.309 e. The molecule has 0 unspecified atom stereocenters. The Hall–Kier alpha value is -3.49. The van der Waals surface area contributed by atoms with Crippen molar-refractivity contribution in [1.82, 2.24) is 4.90 Å². The molecule has 0 amide bonds. The summed E-state index contributed by atoms with van der Waals surface area (Å²) in [7, 11) is -3.93. The summed E-state index contributed by atoms with van der Waals surface area (Å²) >= 11 is 0. The number of carboxylic acids is 1. The average molecular weight is 466 g/mol. The van der Waals surface area contributed by atoms with Crippen molar-refractivity contribution in [2.24, 2.45) is 5.92 Å². The lowest BCUT2D eigenvalue weighted by Crippen LogP contribution is -2.49. The fourth-order valence-corrected chi connectivity index (χ4v) is 5.58. The van der Waals surface area contributed by atoms with E-state index in [9.17, 15) is 13.2 Å². The monoisotopic (exact) mass is 465 g/mol. The summed E-state index contributed by atoms with van der Waals surface area (Å²) < 4.78 is 47.5. The first-order chi connectivity index (χ1) is 15.8. The van der Waals surface area contributed by atoms with Gasteiger partial charge in [-0.25, -0.2) is 12.8 Å². The molecule has 0 saturated carbocycles. The Morgan fingerprint density at radius 1 is 1.00 bits per heavy atom. The summed E-state index contributed by atoms with van der Waals surface area (Å²) in [5.74, 6) is -1.85. The van der Waals surface area contributed by atoms with Gasteiger partial charge in [-0.05, 0) is 29.8 Å². The number of likely N-dealkylation sites (tertiary alicyclic amines) is 1. The molecule has 8 heteroatoms. The van der Waals surface area contributed by atoms with Crippen molar-refractivity contribution >= 4 is 26.8 Å². The van der Waals surface area contributed by atoms with Crippen molar-refractivity contribution in [3.63, 3.8) is 0 Å². The van der Waals surface area contributed by atoms with Crippen molar-refractivity contribution < 1.29 is 27.1 Å². The number of rotatable bonds is 6. The van der Waals surface area contributed by atoms with E-state index in [1.807, 2.05) is 17.0 Å². The van der Waals surface area contributed by atoms with Gasteiger partial charge in [-0.2, -0.15) is 0 Å². The third-order valence-electron chi connectivity index (χ3n) is 5.89. The molecular weight excluding hydrogens is 445 g/mol. The Bertz CT molecular complexity index is 1440. The van der Waals surface area contributed by atoms with Gasteiger partial charge in [-0.3, -0.25) is 9.69 Å². The first-order valence-electron chi connectivity index (χ1n) is 10.4. The normalized spacial score (nSPS) is 14.9. The number of furan rings is 1. The number of fused-ring (bicyclic) bond motifs is 1. The van der Waals surface area contributed by atoms with Crippen LogP contribution in [0.15, 0.2) is 87.0 Å². The molecule has 0 spiro atoms. The van der Waals surface area contributed by atoms with Crippen LogP contribution in [0.4, 0.5) is 4.39 Å². The molecule has 33 heavy (non-hydrogen) atoms. The van der Waals surface area contributed by atoms with E-state index in [1.165, 1.54) is 24.3 Å². The summed E-state index contributed by atoms with van der Waals surface area (Å²) in [6.45, 7) is 1.62. The number of aliphatic carboxylic acids is 1. The molecule has 5 rings (SSSR count). The van der Waals surface area contributed by atoms with Crippen LogP contribution in [0.2, 0.25) is 0 Å². The number of hydrogen-bond acceptors (Lipinski definition) is 5. The van der Waals surface area contributed by atoms with Crippen molar-refractivity contribution in [2.75, 3.05) is 13.1 Å². The van der Waals surface area contributed by atoms with Crippen LogP contribution in [0.1, 0.15) is 5.56 Å². The van der Waals surface area contributed by atoms with Gasteiger partial charge in [-0.1, -0.05) is 48.5 Å². The molecule has 168 valence electrons. The Kier molecular flexibility index (Phi) is 5.26. The second-order valence-corrected chi connectivity index (χ2v) is 10.0. The van der Waals surface area contributed by atoms with Gasteiger partial charge >= 0.3 is 5.97 Å². The lowest BCUT2D eigenvalue weighted by Gasteiger charge is -2.36. The highest BCUT2D eigenvalue weighted by Gasteiger charge is 2.32. The Labute approximate surface area is 189 Å². The Morgan fingerprint density at radius 3 is 2.36 bits per heavy atom. The Morgan fingerprint density at radius 2 is 1.70 bits per heavy atom. The van der Waals surface area contributed by atoms with Crippen molar-refractivity contribution in [3.05, 3.63) is 84.2 Å². The number of nitrogens with zero attached hydrogens (tertiary/aromatic N) is 1. The molecular formula is C25H20FNO5S. The fraction of sp³-hybridized carbons (Fsp3) is 0.160. The largest absolute Gasteiger partial charge is 0.481 e. The van der Waals surface area contributed by atoms with Crippen LogP contribution < -0.4 is 0 Å². The van der Waals surface area contributed by atoms with Crippen LogP contribution in [0.5, 0.6) is 0 Å².